The average Bonchev–Trinajstić information content (AvgIpc) is 2.32. The largest absolute Gasteiger partial charge is 0.357 e. The molecule has 2 N–H and O–H groups in total. The fraction of sp³-hybridized carbons (Fsp3) is 0.615. The predicted molar refractivity (Wildman–Crippen MR) is 67.6 cm³/mol. The van der Waals surface area contributed by atoms with Gasteiger partial charge in [-0.05, 0) is 50.3 Å². The van der Waals surface area contributed by atoms with Crippen LogP contribution in [0.1, 0.15) is 24.8 Å². The molecule has 0 unspecified atom stereocenters. The van der Waals surface area contributed by atoms with Gasteiger partial charge in [-0.3, -0.25) is 0 Å². The van der Waals surface area contributed by atoms with Gasteiger partial charge in [0.05, 0.1) is 0 Å². The smallest absolute Gasteiger partial charge is 0.128 e. The van der Waals surface area contributed by atoms with Crippen molar-refractivity contribution in [1.29, 1.82) is 0 Å². The van der Waals surface area contributed by atoms with Crippen LogP contribution in [0, 0.1) is 12.8 Å². The lowest BCUT2D eigenvalue weighted by Gasteiger charge is -2.32. The summed E-state index contributed by atoms with van der Waals surface area (Å²) < 4.78 is 0. The van der Waals surface area contributed by atoms with E-state index < -0.39 is 0 Å². The zero-order valence-electron chi connectivity index (χ0n) is 10.0. The summed E-state index contributed by atoms with van der Waals surface area (Å²) >= 11 is 0. The van der Waals surface area contributed by atoms with Crippen molar-refractivity contribution in [2.45, 2.75) is 26.2 Å². The van der Waals surface area contributed by atoms with Gasteiger partial charge in [0.2, 0.25) is 0 Å². The van der Waals surface area contributed by atoms with E-state index in [1.807, 2.05) is 6.20 Å². The summed E-state index contributed by atoms with van der Waals surface area (Å²) in [5, 5.41) is 0. The van der Waals surface area contributed by atoms with Crippen LogP contribution in [0.3, 0.4) is 0 Å². The van der Waals surface area contributed by atoms with Gasteiger partial charge in [0.15, 0.2) is 0 Å². The highest BCUT2D eigenvalue weighted by molar-refractivity contribution is 5.39. The van der Waals surface area contributed by atoms with Crippen LogP contribution in [0.15, 0.2) is 18.3 Å². The zero-order chi connectivity index (χ0) is 11.4. The molecule has 0 aromatic carbocycles. The standard InChI is InChI=1S/C13H21N3/c1-11-2-3-13(15-10-11)16-8-5-12(4-7-14)6-9-16/h2-3,10,12H,4-9,14H2,1H3. The molecule has 1 aromatic rings. The molecule has 3 heteroatoms. The quantitative estimate of drug-likeness (QED) is 0.845. The lowest BCUT2D eigenvalue weighted by molar-refractivity contribution is 0.385. The van der Waals surface area contributed by atoms with Gasteiger partial charge >= 0.3 is 0 Å². The van der Waals surface area contributed by atoms with Gasteiger partial charge in [0, 0.05) is 19.3 Å². The van der Waals surface area contributed by atoms with Crippen LogP contribution in [0.4, 0.5) is 5.82 Å². The molecule has 2 heterocycles. The third-order valence-electron chi connectivity index (χ3n) is 3.41. The molecule has 0 aliphatic carbocycles. The maximum absolute atomic E-state index is 5.60. The monoisotopic (exact) mass is 219 g/mol. The highest BCUT2D eigenvalue weighted by Crippen LogP contribution is 2.23. The molecule has 88 valence electrons. The van der Waals surface area contributed by atoms with E-state index in [2.05, 4.69) is 28.9 Å². The Morgan fingerprint density at radius 1 is 1.38 bits per heavy atom. The molecule has 3 nitrogen and oxygen atoms in total. The SMILES string of the molecule is Cc1ccc(N2CCC(CCN)CC2)nc1. The molecule has 0 bridgehead atoms. The van der Waals surface area contributed by atoms with Crippen LogP contribution >= 0.6 is 0 Å². The van der Waals surface area contributed by atoms with Gasteiger partial charge in [-0.1, -0.05) is 6.07 Å². The average molecular weight is 219 g/mol. The van der Waals surface area contributed by atoms with E-state index in [-0.39, 0.29) is 0 Å². The van der Waals surface area contributed by atoms with Crippen LogP contribution in [0.5, 0.6) is 0 Å². The first kappa shape index (κ1) is 11.4. The number of hydrogen-bond acceptors (Lipinski definition) is 3. The Morgan fingerprint density at radius 3 is 2.69 bits per heavy atom. The van der Waals surface area contributed by atoms with Crippen molar-refractivity contribution >= 4 is 5.82 Å². The van der Waals surface area contributed by atoms with E-state index in [1.165, 1.54) is 24.8 Å². The second-order valence-electron chi connectivity index (χ2n) is 4.70. The van der Waals surface area contributed by atoms with Crippen molar-refractivity contribution in [3.05, 3.63) is 23.9 Å². The summed E-state index contributed by atoms with van der Waals surface area (Å²) in [4.78, 5) is 6.86. The van der Waals surface area contributed by atoms with Crippen LogP contribution in [-0.2, 0) is 0 Å². The van der Waals surface area contributed by atoms with Crippen molar-refractivity contribution in [2.24, 2.45) is 11.7 Å². The first-order valence-corrected chi connectivity index (χ1v) is 6.17. The molecule has 0 saturated carbocycles. The van der Waals surface area contributed by atoms with Crippen molar-refractivity contribution in [3.8, 4) is 0 Å². The molecule has 1 fully saturated rings. The highest BCUT2D eigenvalue weighted by Gasteiger charge is 2.19. The van der Waals surface area contributed by atoms with Gasteiger partial charge in [-0.25, -0.2) is 4.98 Å². The fourth-order valence-electron chi connectivity index (χ4n) is 2.33. The normalized spacial score (nSPS) is 17.8. The van der Waals surface area contributed by atoms with Crippen LogP contribution in [0.2, 0.25) is 0 Å². The number of aryl methyl sites for hydroxylation is 1. The molecular formula is C13H21N3. The number of rotatable bonds is 3. The number of piperidine rings is 1. The van der Waals surface area contributed by atoms with E-state index >= 15 is 0 Å². The van der Waals surface area contributed by atoms with Gasteiger partial charge < -0.3 is 10.6 Å². The van der Waals surface area contributed by atoms with Gasteiger partial charge in [-0.15, -0.1) is 0 Å². The third kappa shape index (κ3) is 2.73. The van der Waals surface area contributed by atoms with Gasteiger partial charge in [-0.2, -0.15) is 0 Å². The highest BCUT2D eigenvalue weighted by atomic mass is 15.2. The minimum atomic E-state index is 0.826. The first-order valence-electron chi connectivity index (χ1n) is 6.17. The lowest BCUT2D eigenvalue weighted by Crippen LogP contribution is -2.34. The third-order valence-corrected chi connectivity index (χ3v) is 3.41. The molecule has 1 aromatic heterocycles. The second-order valence-corrected chi connectivity index (χ2v) is 4.70. The summed E-state index contributed by atoms with van der Waals surface area (Å²) in [6.45, 7) is 5.15. The summed E-state index contributed by atoms with van der Waals surface area (Å²) in [6.07, 6.45) is 5.63. The molecule has 2 rings (SSSR count). The molecule has 0 atom stereocenters. The Balaban J connectivity index is 1.91. The van der Waals surface area contributed by atoms with E-state index in [1.54, 1.807) is 0 Å². The second kappa shape index (κ2) is 5.30. The minimum absolute atomic E-state index is 0.826. The molecule has 0 radical (unpaired) electrons. The molecule has 0 spiro atoms. The number of nitrogens with two attached hydrogens (primary N) is 1. The lowest BCUT2D eigenvalue weighted by atomic mass is 9.94. The van der Waals surface area contributed by atoms with Crippen LogP contribution in [-0.4, -0.2) is 24.6 Å². The van der Waals surface area contributed by atoms with E-state index in [0.29, 0.717) is 0 Å². The summed E-state index contributed by atoms with van der Waals surface area (Å²) in [6, 6.07) is 4.26. The fourth-order valence-corrected chi connectivity index (χ4v) is 2.33. The molecule has 16 heavy (non-hydrogen) atoms. The molecule has 1 aliphatic heterocycles. The van der Waals surface area contributed by atoms with Gasteiger partial charge in [0.25, 0.3) is 0 Å². The zero-order valence-corrected chi connectivity index (χ0v) is 10.0. The Hall–Kier alpha value is -1.09. The molecule has 1 saturated heterocycles. The number of aromatic nitrogens is 1. The first-order chi connectivity index (χ1) is 7.79. The van der Waals surface area contributed by atoms with Gasteiger partial charge in [0.1, 0.15) is 5.82 Å². The van der Waals surface area contributed by atoms with Crippen LogP contribution in [0.25, 0.3) is 0 Å². The van der Waals surface area contributed by atoms with Crippen LogP contribution < -0.4 is 10.6 Å². The van der Waals surface area contributed by atoms with Crippen molar-refractivity contribution < 1.29 is 0 Å². The van der Waals surface area contributed by atoms with Crippen molar-refractivity contribution in [3.63, 3.8) is 0 Å². The Kier molecular flexibility index (Phi) is 3.78. The van der Waals surface area contributed by atoms with E-state index in [9.17, 15) is 0 Å². The van der Waals surface area contributed by atoms with Crippen molar-refractivity contribution in [1.82, 2.24) is 4.98 Å². The maximum atomic E-state index is 5.60. The Labute approximate surface area is 97.7 Å². The van der Waals surface area contributed by atoms with E-state index in [0.717, 1.165) is 31.4 Å². The number of nitrogens with zero attached hydrogens (tertiary/aromatic N) is 2. The van der Waals surface area contributed by atoms with Crippen molar-refractivity contribution in [2.75, 3.05) is 24.5 Å². The number of anilines is 1. The summed E-state index contributed by atoms with van der Waals surface area (Å²) in [7, 11) is 0. The Morgan fingerprint density at radius 2 is 2.12 bits per heavy atom. The Bertz CT molecular complexity index is 312. The summed E-state index contributed by atoms with van der Waals surface area (Å²) in [5.74, 6) is 1.95. The number of pyridine rings is 1. The molecular weight excluding hydrogens is 198 g/mol. The topological polar surface area (TPSA) is 42.1 Å². The maximum Gasteiger partial charge on any atom is 0.128 e. The number of hydrogen-bond donors (Lipinski definition) is 1. The summed E-state index contributed by atoms with van der Waals surface area (Å²) in [5.41, 5.74) is 6.82. The minimum Gasteiger partial charge on any atom is -0.357 e. The van der Waals surface area contributed by atoms with E-state index in [4.69, 9.17) is 5.73 Å². The predicted octanol–water partition coefficient (Wildman–Crippen LogP) is 1.96. The molecule has 0 amide bonds. The molecule has 1 aliphatic rings.